The molecule has 59 heavy (non-hydrogen) atoms. The molecule has 0 aliphatic carbocycles. The number of alkyl halides is 1. The number of fused-ring (bicyclic) bond motifs is 1. The summed E-state index contributed by atoms with van der Waals surface area (Å²) in [4.78, 5) is 21.5. The van der Waals surface area contributed by atoms with Gasteiger partial charge in [-0.3, -0.25) is 9.32 Å². The molecular weight excluding hydrogens is 778 g/mol. The summed E-state index contributed by atoms with van der Waals surface area (Å²) in [5.74, 6) is 1.17. The van der Waals surface area contributed by atoms with E-state index in [9.17, 15) is 9.36 Å². The first-order valence-electron chi connectivity index (χ1n) is 18.5. The van der Waals surface area contributed by atoms with Crippen LogP contribution in [0.2, 0.25) is 0 Å². The summed E-state index contributed by atoms with van der Waals surface area (Å²) in [7, 11) is -0.198. The number of hydrogen-bond acceptors (Lipinski definition) is 12. The summed E-state index contributed by atoms with van der Waals surface area (Å²) >= 11 is 0. The van der Waals surface area contributed by atoms with Gasteiger partial charge in [0.15, 0.2) is 29.4 Å². The Morgan fingerprint density at radius 2 is 1.36 bits per heavy atom. The molecule has 5 atom stereocenters. The average Bonchev–Trinajstić information content (AvgIpc) is 3.85. The Bertz CT molecular complexity index is 2470. The number of rotatable bonds is 15. The number of benzene rings is 5. The molecule has 16 heteroatoms. The van der Waals surface area contributed by atoms with E-state index >= 15 is 4.39 Å². The van der Waals surface area contributed by atoms with Crippen molar-refractivity contribution in [2.24, 2.45) is 0 Å². The predicted molar refractivity (Wildman–Crippen MR) is 216 cm³/mol. The highest BCUT2D eigenvalue weighted by Crippen LogP contribution is 2.45. The number of nitrogens with one attached hydrogen (secondary N) is 1. The first-order valence-corrected chi connectivity index (χ1v) is 19.7. The van der Waals surface area contributed by atoms with E-state index in [1.807, 2.05) is 78.9 Å². The van der Waals surface area contributed by atoms with Crippen LogP contribution in [0, 0.1) is 0 Å². The van der Waals surface area contributed by atoms with Crippen LogP contribution in [0.3, 0.4) is 0 Å². The number of carbonyl (C=O) groups excluding carboxylic acids is 1. The first kappa shape index (κ1) is 39.3. The van der Waals surface area contributed by atoms with E-state index in [1.165, 1.54) is 6.33 Å². The zero-order valence-corrected chi connectivity index (χ0v) is 32.8. The molecule has 1 unspecified atom stereocenters. The topological polar surface area (TPSA) is 158 Å². The number of ether oxygens (including phenoxy) is 4. The van der Waals surface area contributed by atoms with Gasteiger partial charge in [0, 0.05) is 5.56 Å². The summed E-state index contributed by atoms with van der Waals surface area (Å²) in [6.45, 7) is -0.283. The molecule has 1 fully saturated rings. The van der Waals surface area contributed by atoms with Crippen LogP contribution >= 0.6 is 8.25 Å². The monoisotopic (exact) mass is 816 g/mol. The number of para-hydroxylation sites is 1. The lowest BCUT2D eigenvalue weighted by molar-refractivity contribution is -0.0937. The molecule has 1 saturated heterocycles. The predicted octanol–water partition coefficient (Wildman–Crippen LogP) is 7.59. The Hall–Kier alpha value is -6.51. The summed E-state index contributed by atoms with van der Waals surface area (Å²) < 4.78 is 67.6. The molecule has 1 aliphatic rings. The Morgan fingerprint density at radius 1 is 0.780 bits per heavy atom. The number of halogens is 1. The lowest BCUT2D eigenvalue weighted by Crippen LogP contribution is -2.39. The van der Waals surface area contributed by atoms with Gasteiger partial charge in [-0.05, 0) is 65.2 Å². The van der Waals surface area contributed by atoms with Gasteiger partial charge in [-0.15, -0.1) is 5.10 Å². The standard InChI is InChI=1S/C43H38FN6O8P/c1-53-32-22-18-30(19-23-32)43(29-14-8-4-9-15-29,31-20-24-33(54-2)25-21-31)55-26-35-38(58-59(52)57-34-16-10-5-11-17-34)36(44)42(56-35)50-40-37(48-49-50)39(45-27-46-40)47-41(51)28-12-6-3-7-13-28/h3-25,27,35-36,38,42,59H,26H2,1-2H3,(H,45,46,47,51)/t35-,36+,38-,42-/m1/s1. The van der Waals surface area contributed by atoms with Gasteiger partial charge in [0.05, 0.1) is 20.8 Å². The van der Waals surface area contributed by atoms with Crippen LogP contribution in [0.5, 0.6) is 17.2 Å². The van der Waals surface area contributed by atoms with Crippen molar-refractivity contribution in [1.29, 1.82) is 0 Å². The lowest BCUT2D eigenvalue weighted by atomic mass is 9.80. The second kappa shape index (κ2) is 17.5. The molecular formula is C43H38FN6O8P. The van der Waals surface area contributed by atoms with Crippen LogP contribution in [0.4, 0.5) is 10.2 Å². The van der Waals surface area contributed by atoms with Crippen molar-refractivity contribution in [1.82, 2.24) is 25.0 Å². The number of nitrogens with zero attached hydrogens (tertiary/aromatic N) is 5. The van der Waals surface area contributed by atoms with Crippen LogP contribution in [0.1, 0.15) is 33.3 Å². The SMILES string of the molecule is COc1ccc(C(OC[C@H]2O[C@@H](n3nnc4c(NC(=O)c5ccccc5)ncnc43)[C@@H](F)[C@@H]2O[PH](=O)Oc2ccccc2)(c2ccccc2)c2ccc(OC)cc2)cc1. The maximum absolute atomic E-state index is 17.1. The normalized spacial score (nSPS) is 18.3. The molecule has 14 nitrogen and oxygen atoms in total. The van der Waals surface area contributed by atoms with Crippen LogP contribution in [0.25, 0.3) is 11.2 Å². The highest BCUT2D eigenvalue weighted by Gasteiger charge is 2.51. The highest BCUT2D eigenvalue weighted by molar-refractivity contribution is 7.33. The molecule has 5 aromatic carbocycles. The molecule has 0 bridgehead atoms. The minimum atomic E-state index is -3.36. The maximum Gasteiger partial charge on any atom is 0.368 e. The quantitative estimate of drug-likeness (QED) is 0.0800. The van der Waals surface area contributed by atoms with Crippen LogP contribution in [-0.2, 0) is 24.2 Å². The molecule has 0 spiro atoms. The largest absolute Gasteiger partial charge is 0.497 e. The van der Waals surface area contributed by atoms with Crippen molar-refractivity contribution in [2.75, 3.05) is 26.1 Å². The molecule has 2 aromatic heterocycles. The van der Waals surface area contributed by atoms with Gasteiger partial charge >= 0.3 is 8.25 Å². The van der Waals surface area contributed by atoms with E-state index in [2.05, 4.69) is 25.6 Å². The molecule has 7 aromatic rings. The number of anilines is 1. The van der Waals surface area contributed by atoms with E-state index < -0.39 is 44.4 Å². The van der Waals surface area contributed by atoms with E-state index in [0.29, 0.717) is 17.1 Å². The first-order chi connectivity index (χ1) is 28.9. The van der Waals surface area contributed by atoms with Crippen LogP contribution < -0.4 is 19.3 Å². The lowest BCUT2D eigenvalue weighted by Gasteiger charge is -2.37. The Kier molecular flexibility index (Phi) is 11.7. The molecule has 0 radical (unpaired) electrons. The molecule has 8 rings (SSSR count). The van der Waals surface area contributed by atoms with Gasteiger partial charge in [0.2, 0.25) is 0 Å². The van der Waals surface area contributed by atoms with E-state index in [0.717, 1.165) is 21.4 Å². The maximum atomic E-state index is 17.1. The number of methoxy groups -OCH3 is 2. The van der Waals surface area contributed by atoms with Gasteiger partial charge in [0.25, 0.3) is 5.91 Å². The highest BCUT2D eigenvalue weighted by atomic mass is 31.1. The number of aromatic nitrogens is 5. The Balaban J connectivity index is 1.16. The molecule has 1 aliphatic heterocycles. The fraction of sp³-hybridized carbons (Fsp3) is 0.186. The van der Waals surface area contributed by atoms with E-state index in [-0.39, 0.29) is 29.3 Å². The third-order valence-corrected chi connectivity index (χ3v) is 10.7. The molecule has 300 valence electrons. The molecule has 0 saturated carbocycles. The Morgan fingerprint density at radius 3 is 1.97 bits per heavy atom. The average molecular weight is 817 g/mol. The van der Waals surface area contributed by atoms with Crippen LogP contribution in [0.15, 0.2) is 146 Å². The van der Waals surface area contributed by atoms with Crippen molar-refractivity contribution in [2.45, 2.75) is 30.2 Å². The minimum Gasteiger partial charge on any atom is -0.497 e. The number of hydrogen-bond donors (Lipinski definition) is 1. The van der Waals surface area contributed by atoms with E-state index in [4.69, 9.17) is 28.0 Å². The zero-order valence-electron chi connectivity index (χ0n) is 31.8. The fourth-order valence-corrected chi connectivity index (χ4v) is 7.85. The third kappa shape index (κ3) is 8.14. The van der Waals surface area contributed by atoms with Gasteiger partial charge in [0.1, 0.15) is 41.4 Å². The second-order valence-corrected chi connectivity index (χ2v) is 14.3. The van der Waals surface area contributed by atoms with Crippen molar-refractivity contribution in [3.05, 3.63) is 168 Å². The minimum absolute atomic E-state index is 0.0594. The van der Waals surface area contributed by atoms with Gasteiger partial charge in [-0.2, -0.15) is 4.68 Å². The van der Waals surface area contributed by atoms with Crippen molar-refractivity contribution >= 4 is 31.1 Å². The molecule has 1 N–H and O–H groups in total. The molecule has 3 heterocycles. The van der Waals surface area contributed by atoms with Crippen molar-refractivity contribution < 1.29 is 41.7 Å². The zero-order chi connectivity index (χ0) is 40.8. The Labute approximate surface area is 338 Å². The third-order valence-electron chi connectivity index (χ3n) is 9.85. The van der Waals surface area contributed by atoms with Crippen LogP contribution in [-0.4, -0.2) is 70.1 Å². The molecule has 1 amide bonds. The fourth-order valence-electron chi connectivity index (χ4n) is 6.96. The van der Waals surface area contributed by atoms with Crippen molar-refractivity contribution in [3.63, 3.8) is 0 Å². The summed E-state index contributed by atoms with van der Waals surface area (Å²) in [6, 6.07) is 41.4. The van der Waals surface area contributed by atoms with Gasteiger partial charge < -0.3 is 28.8 Å². The van der Waals surface area contributed by atoms with Gasteiger partial charge in [-0.1, -0.05) is 96.2 Å². The summed E-state index contributed by atoms with van der Waals surface area (Å²) in [5.41, 5.74) is 1.45. The van der Waals surface area contributed by atoms with E-state index in [1.54, 1.807) is 74.9 Å². The number of amides is 1. The van der Waals surface area contributed by atoms with Gasteiger partial charge in [-0.25, -0.2) is 18.9 Å². The number of carbonyl (C=O) groups is 1. The summed E-state index contributed by atoms with van der Waals surface area (Å²) in [6.07, 6.45) is -4.97. The summed E-state index contributed by atoms with van der Waals surface area (Å²) in [5, 5.41) is 11.1. The second-order valence-electron chi connectivity index (χ2n) is 13.3. The van der Waals surface area contributed by atoms with Crippen molar-refractivity contribution in [3.8, 4) is 17.2 Å². The smallest absolute Gasteiger partial charge is 0.368 e.